The van der Waals surface area contributed by atoms with Crippen LogP contribution >= 0.6 is 0 Å². The van der Waals surface area contributed by atoms with E-state index in [-0.39, 0.29) is 29.3 Å². The van der Waals surface area contributed by atoms with Crippen LogP contribution in [0.5, 0.6) is 0 Å². The molecule has 0 unspecified atom stereocenters. The molecule has 1 aromatic rings. The van der Waals surface area contributed by atoms with Crippen LogP contribution in [-0.4, -0.2) is 60.9 Å². The van der Waals surface area contributed by atoms with Gasteiger partial charge in [0.25, 0.3) is 5.91 Å². The highest BCUT2D eigenvalue weighted by Crippen LogP contribution is 2.92. The van der Waals surface area contributed by atoms with E-state index >= 15 is 0 Å². The maximum atomic E-state index is 13.6. The predicted octanol–water partition coefficient (Wildman–Crippen LogP) is 4.35. The molecule has 4 atom stereocenters. The van der Waals surface area contributed by atoms with Crippen molar-refractivity contribution >= 4 is 19.1 Å². The van der Waals surface area contributed by atoms with E-state index in [0.29, 0.717) is 31.2 Å². The van der Waals surface area contributed by atoms with E-state index < -0.39 is 42.6 Å². The Hall–Kier alpha value is -2.46. The molecule has 7 nitrogen and oxygen atoms in total. The first-order valence-corrected chi connectivity index (χ1v) is 13.6. The van der Waals surface area contributed by atoms with Gasteiger partial charge < -0.3 is 24.3 Å². The van der Waals surface area contributed by atoms with Gasteiger partial charge in [0.15, 0.2) is 5.83 Å². The smallest absolute Gasteiger partial charge is 0.444 e. The summed E-state index contributed by atoms with van der Waals surface area (Å²) in [6.45, 7) is 10.4. The molecule has 8 fully saturated rings. The molecule has 10 heteroatoms. The van der Waals surface area contributed by atoms with E-state index in [1.165, 1.54) is 17.0 Å². The minimum Gasteiger partial charge on any atom is -0.444 e. The van der Waals surface area contributed by atoms with Gasteiger partial charge in [-0.3, -0.25) is 4.79 Å². The van der Waals surface area contributed by atoms with E-state index in [1.807, 2.05) is 0 Å². The number of piperidine rings is 1. The van der Waals surface area contributed by atoms with Crippen LogP contribution < -0.4 is 5.32 Å². The summed E-state index contributed by atoms with van der Waals surface area (Å²) in [7, 11) is -0.691. The number of hydrogen-bond donors (Lipinski definition) is 1. The van der Waals surface area contributed by atoms with Crippen LogP contribution in [0.4, 0.5) is 13.6 Å². The second-order valence-corrected chi connectivity index (χ2v) is 12.7. The molecule has 1 aromatic carbocycles. The number of nitrogens with zero attached hydrogens (tertiary/aromatic N) is 1. The van der Waals surface area contributed by atoms with Gasteiger partial charge in [-0.25, -0.2) is 13.6 Å². The van der Waals surface area contributed by atoms with E-state index in [0.717, 1.165) is 24.8 Å². The summed E-state index contributed by atoms with van der Waals surface area (Å²) < 4.78 is 45.8. The minimum atomic E-state index is -1.03. The standard InChI is InChI=1S/C28H35BF2N2O5/c1-17(30)23(34)33-11-5-6-20(14-33)36-24(35)32-22(12-18-7-9-19(31)10-8-18)29-37-21-13-27-15-28(16-27,25(27,2)3)26(21,4)38-29/h7-10,20-22H,1,5-6,11-16H2,2-4H3,(H,32,35)/t20-,21+,22-,26+,27?,28?/m0/s1. The predicted molar refractivity (Wildman–Crippen MR) is 136 cm³/mol. The summed E-state index contributed by atoms with van der Waals surface area (Å²) in [5.41, 5.74) is 0.940. The molecule has 2 amide bonds. The maximum absolute atomic E-state index is 13.6. The molecular formula is C28H35BF2N2O5. The third-order valence-electron chi connectivity index (χ3n) is 10.8. The molecular weight excluding hydrogens is 493 g/mol. The highest BCUT2D eigenvalue weighted by molar-refractivity contribution is 6.48. The van der Waals surface area contributed by atoms with E-state index in [2.05, 4.69) is 32.7 Å². The maximum Gasteiger partial charge on any atom is 0.482 e. The number of likely N-dealkylation sites (tertiary alicyclic amines) is 1. The Morgan fingerprint density at radius 2 is 1.97 bits per heavy atom. The number of ether oxygens (including phenoxy) is 1. The van der Waals surface area contributed by atoms with Crippen LogP contribution in [0.25, 0.3) is 0 Å². The van der Waals surface area contributed by atoms with Gasteiger partial charge in [-0.1, -0.05) is 32.6 Å². The number of hydrogen-bond acceptors (Lipinski definition) is 5. The number of carbonyl (C=O) groups excluding carboxylic acids is 2. The number of rotatable bonds is 6. The number of benzene rings is 1. The zero-order chi connectivity index (χ0) is 27.1. The Bertz CT molecular complexity index is 1170. The van der Waals surface area contributed by atoms with Crippen molar-refractivity contribution in [2.24, 2.45) is 16.2 Å². The lowest BCUT2D eigenvalue weighted by Crippen LogP contribution is -2.88. The van der Waals surface area contributed by atoms with Gasteiger partial charge in [0.2, 0.25) is 0 Å². The molecule has 2 saturated heterocycles. The fourth-order valence-corrected chi connectivity index (χ4v) is 8.30. The number of halogens is 2. The molecule has 1 N–H and O–H groups in total. The van der Waals surface area contributed by atoms with Crippen LogP contribution in [0.15, 0.2) is 36.7 Å². The second kappa shape index (κ2) is 8.52. The van der Waals surface area contributed by atoms with Crippen molar-refractivity contribution in [1.82, 2.24) is 10.2 Å². The molecule has 0 aromatic heterocycles. The number of amides is 2. The van der Waals surface area contributed by atoms with Crippen molar-refractivity contribution in [2.75, 3.05) is 13.1 Å². The Morgan fingerprint density at radius 1 is 1.26 bits per heavy atom. The van der Waals surface area contributed by atoms with Crippen LogP contribution in [0.2, 0.25) is 0 Å². The van der Waals surface area contributed by atoms with Crippen LogP contribution in [-0.2, 0) is 25.3 Å². The summed E-state index contributed by atoms with van der Waals surface area (Å²) in [6.07, 6.45) is 3.47. The van der Waals surface area contributed by atoms with Gasteiger partial charge in [-0.2, -0.15) is 0 Å². The summed E-state index contributed by atoms with van der Waals surface area (Å²) in [5, 5.41) is 2.94. The van der Waals surface area contributed by atoms with E-state index in [9.17, 15) is 18.4 Å². The van der Waals surface area contributed by atoms with Crippen molar-refractivity contribution in [3.8, 4) is 0 Å². The SMILES string of the molecule is C=C(F)C(=O)N1CCC[C@H](OC(=O)N[C@@H](Cc2ccc(F)cc2)B2O[C@@H]3CC45CC(C4)(C5(C)C)[C@]3(C)O2)C1. The first-order valence-electron chi connectivity index (χ1n) is 13.6. The summed E-state index contributed by atoms with van der Waals surface area (Å²) in [6, 6.07) is 6.14. The molecule has 38 heavy (non-hydrogen) atoms. The van der Waals surface area contributed by atoms with Crippen molar-refractivity contribution in [3.63, 3.8) is 0 Å². The van der Waals surface area contributed by atoms with Crippen LogP contribution in [0.3, 0.4) is 0 Å². The third kappa shape index (κ3) is 3.51. The Balaban J connectivity index is 1.17. The fourth-order valence-electron chi connectivity index (χ4n) is 8.30. The number of carbonyl (C=O) groups is 2. The molecule has 8 aliphatic rings. The molecule has 0 radical (unpaired) electrons. The molecule has 9 rings (SSSR count). The quantitative estimate of drug-likeness (QED) is 0.439. The normalized spacial score (nSPS) is 36.9. The molecule has 2 bridgehead atoms. The lowest BCUT2D eigenvalue weighted by molar-refractivity contribution is -0.434. The zero-order valence-electron chi connectivity index (χ0n) is 22.2. The van der Waals surface area contributed by atoms with Gasteiger partial charge in [-0.15, -0.1) is 0 Å². The first kappa shape index (κ1) is 25.8. The summed E-state index contributed by atoms with van der Waals surface area (Å²) >= 11 is 0. The van der Waals surface area contributed by atoms with Gasteiger partial charge in [0.1, 0.15) is 11.9 Å². The molecule has 0 spiro atoms. The largest absolute Gasteiger partial charge is 0.482 e. The number of alkyl carbamates (subject to hydrolysis) is 1. The fraction of sp³-hybridized carbons (Fsp3) is 0.643. The highest BCUT2D eigenvalue weighted by Gasteiger charge is 2.91. The second-order valence-electron chi connectivity index (χ2n) is 12.7. The number of nitrogens with one attached hydrogen (secondary N) is 1. The summed E-state index contributed by atoms with van der Waals surface area (Å²) in [4.78, 5) is 26.4. The van der Waals surface area contributed by atoms with Crippen LogP contribution in [0.1, 0.15) is 58.4 Å². The van der Waals surface area contributed by atoms with E-state index in [1.54, 1.807) is 12.1 Å². The molecule has 2 aliphatic heterocycles. The van der Waals surface area contributed by atoms with Gasteiger partial charge >= 0.3 is 13.2 Å². The molecule has 204 valence electrons. The van der Waals surface area contributed by atoms with Gasteiger partial charge in [0.05, 0.1) is 24.2 Å². The molecule has 2 heterocycles. The molecule has 6 aliphatic carbocycles. The van der Waals surface area contributed by atoms with E-state index in [4.69, 9.17) is 14.0 Å². The zero-order valence-corrected chi connectivity index (χ0v) is 22.2. The van der Waals surface area contributed by atoms with Crippen molar-refractivity contribution < 1.29 is 32.4 Å². The van der Waals surface area contributed by atoms with Crippen molar-refractivity contribution in [2.45, 2.75) is 83.0 Å². The highest BCUT2D eigenvalue weighted by atomic mass is 19.1. The van der Waals surface area contributed by atoms with Gasteiger partial charge in [0, 0.05) is 12.0 Å². The average molecular weight is 528 g/mol. The monoisotopic (exact) mass is 528 g/mol. The first-order chi connectivity index (χ1) is 17.9. The molecule has 6 saturated carbocycles. The van der Waals surface area contributed by atoms with Crippen LogP contribution in [0, 0.1) is 22.1 Å². The van der Waals surface area contributed by atoms with Crippen molar-refractivity contribution in [3.05, 3.63) is 48.1 Å². The van der Waals surface area contributed by atoms with Gasteiger partial charge in [-0.05, 0) is 74.0 Å². The Morgan fingerprint density at radius 3 is 2.63 bits per heavy atom. The third-order valence-corrected chi connectivity index (χ3v) is 10.8. The van der Waals surface area contributed by atoms with Crippen molar-refractivity contribution in [1.29, 1.82) is 0 Å². The Labute approximate surface area is 222 Å². The Kier molecular flexibility index (Phi) is 5.79. The summed E-state index contributed by atoms with van der Waals surface area (Å²) in [5.74, 6) is -2.72. The lowest BCUT2D eigenvalue weighted by atomic mass is 9.15. The lowest BCUT2D eigenvalue weighted by Gasteiger charge is -2.90. The topological polar surface area (TPSA) is 77.1 Å². The average Bonchev–Trinajstić information content (AvgIpc) is 3.22. The minimum absolute atomic E-state index is 0.0525.